The van der Waals surface area contributed by atoms with Gasteiger partial charge in [0.15, 0.2) is 0 Å². The van der Waals surface area contributed by atoms with Crippen molar-refractivity contribution in [2.75, 3.05) is 33.4 Å². The number of alkyl halides is 3. The molecule has 0 aromatic carbocycles. The number of carboxylic acids is 1. The van der Waals surface area contributed by atoms with Gasteiger partial charge in [-0.3, -0.25) is 9.78 Å². The first kappa shape index (κ1) is 24.1. The molecule has 0 bridgehead atoms. The van der Waals surface area contributed by atoms with E-state index in [1.165, 1.54) is 12.8 Å². The minimum absolute atomic E-state index is 0.0987. The number of carbonyl (C=O) groups is 2. The van der Waals surface area contributed by atoms with Crippen molar-refractivity contribution in [3.8, 4) is 0 Å². The minimum atomic E-state index is -5.08. The van der Waals surface area contributed by atoms with Crippen LogP contribution in [-0.2, 0) is 25.7 Å². The van der Waals surface area contributed by atoms with E-state index in [1.54, 1.807) is 7.11 Å². The van der Waals surface area contributed by atoms with Gasteiger partial charge in [0, 0.05) is 31.3 Å². The number of pyridine rings is 1. The Morgan fingerprint density at radius 2 is 2.07 bits per heavy atom. The number of aryl methyl sites for hydroxylation is 1. The van der Waals surface area contributed by atoms with Gasteiger partial charge in [0.2, 0.25) is 5.91 Å². The summed E-state index contributed by atoms with van der Waals surface area (Å²) in [5.74, 6) is -2.09. The van der Waals surface area contributed by atoms with Crippen molar-refractivity contribution in [2.24, 2.45) is 11.3 Å². The van der Waals surface area contributed by atoms with Crippen LogP contribution in [0, 0.1) is 18.3 Å². The molecule has 30 heavy (non-hydrogen) atoms. The first-order chi connectivity index (χ1) is 14.1. The van der Waals surface area contributed by atoms with Gasteiger partial charge in [0.25, 0.3) is 0 Å². The normalized spacial score (nSPS) is 23.0. The van der Waals surface area contributed by atoms with Crippen molar-refractivity contribution in [3.63, 3.8) is 0 Å². The first-order valence-corrected chi connectivity index (χ1v) is 9.64. The highest BCUT2D eigenvalue weighted by atomic mass is 19.4. The van der Waals surface area contributed by atoms with Crippen LogP contribution in [0.2, 0.25) is 0 Å². The van der Waals surface area contributed by atoms with Crippen LogP contribution in [0.3, 0.4) is 0 Å². The largest absolute Gasteiger partial charge is 0.490 e. The molecule has 1 aliphatic carbocycles. The molecular weight excluding hydrogens is 405 g/mol. The van der Waals surface area contributed by atoms with Crippen molar-refractivity contribution >= 4 is 11.9 Å². The summed E-state index contributed by atoms with van der Waals surface area (Å²) < 4.78 is 42.7. The maximum atomic E-state index is 12.1. The summed E-state index contributed by atoms with van der Waals surface area (Å²) >= 11 is 0. The van der Waals surface area contributed by atoms with Gasteiger partial charge in [-0.2, -0.15) is 13.2 Å². The summed E-state index contributed by atoms with van der Waals surface area (Å²) in [6.45, 7) is 5.09. The number of ether oxygens (including phenoxy) is 2. The van der Waals surface area contributed by atoms with Gasteiger partial charge in [-0.05, 0) is 37.8 Å². The number of hydrogen-bond acceptors (Lipinski definition) is 5. The first-order valence-electron chi connectivity index (χ1n) is 9.64. The number of rotatable bonds is 6. The van der Waals surface area contributed by atoms with Gasteiger partial charge in [0.1, 0.15) is 6.61 Å². The molecule has 10 heteroatoms. The van der Waals surface area contributed by atoms with Crippen molar-refractivity contribution < 1.29 is 37.3 Å². The van der Waals surface area contributed by atoms with Crippen LogP contribution in [-0.4, -0.2) is 66.5 Å². The molecule has 1 saturated carbocycles. The van der Waals surface area contributed by atoms with Crippen LogP contribution < -0.4 is 0 Å². The number of halogens is 3. The van der Waals surface area contributed by atoms with E-state index >= 15 is 0 Å². The van der Waals surface area contributed by atoms with E-state index in [4.69, 9.17) is 19.4 Å². The number of methoxy groups -OCH3 is 1. The van der Waals surface area contributed by atoms with Crippen molar-refractivity contribution in [1.82, 2.24) is 9.88 Å². The summed E-state index contributed by atoms with van der Waals surface area (Å²) in [6, 6.07) is 6.00. The lowest BCUT2D eigenvalue weighted by molar-refractivity contribution is -0.192. The highest BCUT2D eigenvalue weighted by molar-refractivity contribution is 5.78. The van der Waals surface area contributed by atoms with Crippen LogP contribution in [0.25, 0.3) is 0 Å². The molecule has 2 fully saturated rings. The number of carboxylic acid groups (broad SMARTS) is 1. The molecule has 3 rings (SSSR count). The molecule has 1 amide bonds. The quantitative estimate of drug-likeness (QED) is 0.744. The molecule has 2 atom stereocenters. The molecule has 168 valence electrons. The van der Waals surface area contributed by atoms with E-state index in [-0.39, 0.29) is 17.9 Å². The standard InChI is InChI=1S/C18H26N2O3.C2HF3O2/c1-14-5-3-7-16(19-14)10-23-13-18-8-4-6-15(18)9-20(12-18)17(21)11-22-2;3-2(4,5)1(6)7/h3,5,7,15H,4,6,8-13H2,1-2H3;(H,6,7)/t15-,18+;/m1./s1. The van der Waals surface area contributed by atoms with E-state index in [2.05, 4.69) is 4.98 Å². The van der Waals surface area contributed by atoms with E-state index < -0.39 is 12.1 Å². The maximum Gasteiger partial charge on any atom is 0.490 e. The number of carbonyl (C=O) groups excluding carboxylic acids is 1. The van der Waals surface area contributed by atoms with Crippen molar-refractivity contribution in [1.29, 1.82) is 0 Å². The third-order valence-corrected chi connectivity index (χ3v) is 5.49. The Kier molecular flexibility index (Phi) is 8.19. The zero-order valence-corrected chi connectivity index (χ0v) is 17.1. The lowest BCUT2D eigenvalue weighted by Crippen LogP contribution is -2.36. The van der Waals surface area contributed by atoms with Crippen LogP contribution in [0.5, 0.6) is 0 Å². The third-order valence-electron chi connectivity index (χ3n) is 5.49. The lowest BCUT2D eigenvalue weighted by Gasteiger charge is -2.28. The fourth-order valence-corrected chi connectivity index (χ4v) is 4.09. The van der Waals surface area contributed by atoms with Crippen LogP contribution >= 0.6 is 0 Å². The highest BCUT2D eigenvalue weighted by Crippen LogP contribution is 2.48. The fourth-order valence-electron chi connectivity index (χ4n) is 4.09. The number of aliphatic carboxylic acids is 1. The number of nitrogens with zero attached hydrogens (tertiary/aromatic N) is 2. The average molecular weight is 432 g/mol. The Morgan fingerprint density at radius 3 is 2.67 bits per heavy atom. The van der Waals surface area contributed by atoms with Crippen LogP contribution in [0.1, 0.15) is 30.7 Å². The maximum absolute atomic E-state index is 12.1. The van der Waals surface area contributed by atoms with E-state index in [1.807, 2.05) is 30.0 Å². The second-order valence-corrected chi connectivity index (χ2v) is 7.72. The molecule has 0 radical (unpaired) electrons. The van der Waals surface area contributed by atoms with E-state index in [9.17, 15) is 18.0 Å². The molecule has 0 spiro atoms. The SMILES string of the molecule is COCC(=O)N1C[C@H]2CCC[C@@]2(COCc2cccc(C)n2)C1.O=C(O)C(F)(F)F. The monoisotopic (exact) mass is 432 g/mol. The number of hydrogen-bond donors (Lipinski definition) is 1. The second-order valence-electron chi connectivity index (χ2n) is 7.72. The Morgan fingerprint density at radius 1 is 1.37 bits per heavy atom. The number of amides is 1. The van der Waals surface area contributed by atoms with Crippen LogP contribution in [0.15, 0.2) is 18.2 Å². The van der Waals surface area contributed by atoms with Gasteiger partial charge in [-0.25, -0.2) is 4.79 Å². The van der Waals surface area contributed by atoms with Crippen molar-refractivity contribution in [3.05, 3.63) is 29.6 Å². The number of likely N-dealkylation sites (tertiary alicyclic amines) is 1. The highest BCUT2D eigenvalue weighted by Gasteiger charge is 2.50. The molecule has 2 aliphatic rings. The zero-order chi connectivity index (χ0) is 22.4. The van der Waals surface area contributed by atoms with Gasteiger partial charge in [-0.15, -0.1) is 0 Å². The zero-order valence-electron chi connectivity index (χ0n) is 17.1. The lowest BCUT2D eigenvalue weighted by atomic mass is 9.81. The minimum Gasteiger partial charge on any atom is -0.475 e. The van der Waals surface area contributed by atoms with Gasteiger partial charge >= 0.3 is 12.1 Å². The molecule has 1 N–H and O–H groups in total. The predicted molar refractivity (Wildman–Crippen MR) is 101 cm³/mol. The second kappa shape index (κ2) is 10.2. The third kappa shape index (κ3) is 6.40. The van der Waals surface area contributed by atoms with E-state index in [0.717, 1.165) is 30.9 Å². The summed E-state index contributed by atoms with van der Waals surface area (Å²) in [7, 11) is 1.57. The van der Waals surface area contributed by atoms with Gasteiger partial charge in [0.05, 0.1) is 18.9 Å². The molecule has 1 aromatic heterocycles. The summed E-state index contributed by atoms with van der Waals surface area (Å²) in [6.07, 6.45) is -1.50. The molecule has 7 nitrogen and oxygen atoms in total. The van der Waals surface area contributed by atoms with Gasteiger partial charge in [-0.1, -0.05) is 12.5 Å². The Labute approximate surface area is 173 Å². The Bertz CT molecular complexity index is 743. The molecule has 1 aromatic rings. The Hall–Kier alpha value is -2.20. The van der Waals surface area contributed by atoms with Crippen molar-refractivity contribution in [2.45, 2.75) is 39.0 Å². The molecule has 0 unspecified atom stereocenters. The summed E-state index contributed by atoms with van der Waals surface area (Å²) in [5, 5.41) is 7.12. The smallest absolute Gasteiger partial charge is 0.475 e. The topological polar surface area (TPSA) is 89.0 Å². The molecule has 1 aliphatic heterocycles. The molecule has 2 heterocycles. The summed E-state index contributed by atoms with van der Waals surface area (Å²) in [4.78, 5) is 27.4. The van der Waals surface area contributed by atoms with Gasteiger partial charge < -0.3 is 19.5 Å². The molecule has 1 saturated heterocycles. The number of aromatic nitrogens is 1. The predicted octanol–water partition coefficient (Wildman–Crippen LogP) is 2.82. The molecular formula is C20H27F3N2O5. The van der Waals surface area contributed by atoms with Crippen LogP contribution in [0.4, 0.5) is 13.2 Å². The average Bonchev–Trinajstić information content (AvgIpc) is 3.19. The van der Waals surface area contributed by atoms with E-state index in [0.29, 0.717) is 19.1 Å². The summed E-state index contributed by atoms with van der Waals surface area (Å²) in [5.41, 5.74) is 2.12. The Balaban J connectivity index is 0.000000396. The number of fused-ring (bicyclic) bond motifs is 1. The fraction of sp³-hybridized carbons (Fsp3) is 0.650.